The highest BCUT2D eigenvalue weighted by molar-refractivity contribution is 5.86. The Morgan fingerprint density at radius 2 is 1.83 bits per heavy atom. The first-order valence-corrected chi connectivity index (χ1v) is 8.42. The lowest BCUT2D eigenvalue weighted by molar-refractivity contribution is -0.152. The van der Waals surface area contributed by atoms with E-state index < -0.39 is 17.8 Å². The Hall–Kier alpha value is -2.30. The molecular formula is C19H23NO4. The van der Waals surface area contributed by atoms with Crippen LogP contribution in [0.3, 0.4) is 0 Å². The van der Waals surface area contributed by atoms with Gasteiger partial charge in [-0.15, -0.1) is 0 Å². The number of fused-ring (bicyclic) bond motifs is 2. The van der Waals surface area contributed by atoms with Crippen LogP contribution in [0.15, 0.2) is 36.4 Å². The number of methoxy groups -OCH3 is 1. The standard InChI is InChI=1S/C19H23NO4/c1-24-15-5-3-2-4-12(15)10-11-20-18(21)16-13-6-8-14(9-7-13)17(16)19(22)23/h2-6,8,13-14,16-17H,7,9-11H2,1H3,(H,20,21)(H,22,23)/t13-,14-,16+,17-/m0/s1. The molecule has 128 valence electrons. The SMILES string of the molecule is COc1ccccc1CCNC(=O)[C@H]1[C@@H](C(=O)O)[C@H]2C=C[C@H]1CC2. The monoisotopic (exact) mass is 329 g/mol. The van der Waals surface area contributed by atoms with Gasteiger partial charge in [-0.05, 0) is 42.7 Å². The minimum atomic E-state index is -0.862. The Labute approximate surface area is 141 Å². The summed E-state index contributed by atoms with van der Waals surface area (Å²) in [7, 11) is 1.62. The number of amides is 1. The van der Waals surface area contributed by atoms with E-state index in [-0.39, 0.29) is 17.7 Å². The fraction of sp³-hybridized carbons (Fsp3) is 0.474. The Morgan fingerprint density at radius 1 is 1.17 bits per heavy atom. The van der Waals surface area contributed by atoms with Gasteiger partial charge < -0.3 is 15.2 Å². The van der Waals surface area contributed by atoms with Crippen molar-refractivity contribution in [2.24, 2.45) is 23.7 Å². The second-order valence-electron chi connectivity index (χ2n) is 6.53. The largest absolute Gasteiger partial charge is 0.496 e. The summed E-state index contributed by atoms with van der Waals surface area (Å²) >= 11 is 0. The summed E-state index contributed by atoms with van der Waals surface area (Å²) in [6, 6.07) is 7.70. The van der Waals surface area contributed by atoms with Gasteiger partial charge in [-0.2, -0.15) is 0 Å². The van der Waals surface area contributed by atoms with E-state index in [0.717, 1.165) is 24.2 Å². The molecule has 5 nitrogen and oxygen atoms in total. The van der Waals surface area contributed by atoms with Crippen molar-refractivity contribution in [2.75, 3.05) is 13.7 Å². The molecule has 3 aliphatic rings. The molecule has 0 unspecified atom stereocenters. The number of rotatable bonds is 6. The fourth-order valence-corrected chi connectivity index (χ4v) is 4.04. The van der Waals surface area contributed by atoms with E-state index in [2.05, 4.69) is 5.32 Å². The van der Waals surface area contributed by atoms with Crippen molar-refractivity contribution in [1.29, 1.82) is 0 Å². The summed E-state index contributed by atoms with van der Waals surface area (Å²) in [6.45, 7) is 0.475. The van der Waals surface area contributed by atoms with Crippen LogP contribution in [0, 0.1) is 23.7 Å². The lowest BCUT2D eigenvalue weighted by atomic mass is 9.62. The lowest BCUT2D eigenvalue weighted by Crippen LogP contribution is -2.49. The van der Waals surface area contributed by atoms with Crippen molar-refractivity contribution >= 4 is 11.9 Å². The normalized spacial score (nSPS) is 27.7. The number of allylic oxidation sites excluding steroid dienone is 2. The molecule has 2 bridgehead atoms. The molecule has 3 aliphatic carbocycles. The number of benzene rings is 1. The molecule has 1 saturated carbocycles. The van der Waals surface area contributed by atoms with Gasteiger partial charge in [-0.3, -0.25) is 9.59 Å². The molecule has 24 heavy (non-hydrogen) atoms. The summed E-state index contributed by atoms with van der Waals surface area (Å²) in [5, 5.41) is 12.5. The van der Waals surface area contributed by atoms with E-state index in [1.54, 1.807) is 7.11 Å². The third kappa shape index (κ3) is 3.16. The van der Waals surface area contributed by atoms with Crippen LogP contribution in [0.5, 0.6) is 5.75 Å². The van der Waals surface area contributed by atoms with Crippen molar-refractivity contribution in [1.82, 2.24) is 5.32 Å². The zero-order valence-corrected chi connectivity index (χ0v) is 13.8. The maximum absolute atomic E-state index is 12.6. The van der Waals surface area contributed by atoms with Gasteiger partial charge >= 0.3 is 5.97 Å². The molecule has 0 aromatic heterocycles. The number of hydrogen-bond donors (Lipinski definition) is 2. The summed E-state index contributed by atoms with van der Waals surface area (Å²) in [5.74, 6) is -1.23. The highest BCUT2D eigenvalue weighted by Crippen LogP contribution is 2.45. The van der Waals surface area contributed by atoms with Gasteiger partial charge in [0.1, 0.15) is 5.75 Å². The van der Waals surface area contributed by atoms with Gasteiger partial charge in [0, 0.05) is 6.54 Å². The van der Waals surface area contributed by atoms with Crippen LogP contribution in [0.1, 0.15) is 18.4 Å². The number of aliphatic carboxylic acids is 1. The van der Waals surface area contributed by atoms with E-state index in [9.17, 15) is 14.7 Å². The smallest absolute Gasteiger partial charge is 0.307 e. The van der Waals surface area contributed by atoms with Crippen LogP contribution in [-0.2, 0) is 16.0 Å². The molecule has 0 spiro atoms. The minimum absolute atomic E-state index is 0.0162. The number of carbonyl (C=O) groups excluding carboxylic acids is 1. The lowest BCUT2D eigenvalue weighted by Gasteiger charge is -2.41. The van der Waals surface area contributed by atoms with Crippen molar-refractivity contribution in [2.45, 2.75) is 19.3 Å². The van der Waals surface area contributed by atoms with E-state index >= 15 is 0 Å². The van der Waals surface area contributed by atoms with Gasteiger partial charge in [-0.25, -0.2) is 0 Å². The maximum Gasteiger partial charge on any atom is 0.307 e. The molecule has 0 heterocycles. The van der Waals surface area contributed by atoms with Gasteiger partial charge in [0.05, 0.1) is 18.9 Å². The second-order valence-corrected chi connectivity index (χ2v) is 6.53. The second kappa shape index (κ2) is 7.07. The molecule has 1 aromatic carbocycles. The molecule has 1 aromatic rings. The zero-order chi connectivity index (χ0) is 17.1. The third-order valence-corrected chi connectivity index (χ3v) is 5.22. The van der Waals surface area contributed by atoms with Crippen molar-refractivity contribution in [3.05, 3.63) is 42.0 Å². The van der Waals surface area contributed by atoms with Crippen molar-refractivity contribution < 1.29 is 19.4 Å². The molecule has 4 atom stereocenters. The van der Waals surface area contributed by atoms with E-state index in [1.165, 1.54) is 0 Å². The van der Waals surface area contributed by atoms with Crippen LogP contribution in [0.25, 0.3) is 0 Å². The molecule has 2 N–H and O–H groups in total. The number of ether oxygens (including phenoxy) is 1. The van der Waals surface area contributed by atoms with Gasteiger partial charge in [0.15, 0.2) is 0 Å². The molecule has 5 heteroatoms. The first-order valence-electron chi connectivity index (χ1n) is 8.42. The number of hydrogen-bond acceptors (Lipinski definition) is 3. The molecule has 4 rings (SSSR count). The highest BCUT2D eigenvalue weighted by Gasteiger charge is 2.47. The Bertz CT molecular complexity index is 655. The zero-order valence-electron chi connectivity index (χ0n) is 13.8. The highest BCUT2D eigenvalue weighted by atomic mass is 16.5. The summed E-state index contributed by atoms with van der Waals surface area (Å²) in [6.07, 6.45) is 6.42. The van der Waals surface area contributed by atoms with E-state index in [1.807, 2.05) is 36.4 Å². The van der Waals surface area contributed by atoms with Gasteiger partial charge in [0.25, 0.3) is 0 Å². The van der Waals surface area contributed by atoms with Crippen LogP contribution >= 0.6 is 0 Å². The third-order valence-electron chi connectivity index (χ3n) is 5.22. The van der Waals surface area contributed by atoms with Crippen LogP contribution in [-0.4, -0.2) is 30.6 Å². The number of nitrogens with one attached hydrogen (secondary N) is 1. The maximum atomic E-state index is 12.6. The van der Waals surface area contributed by atoms with Crippen LogP contribution < -0.4 is 10.1 Å². The molecular weight excluding hydrogens is 306 g/mol. The van der Waals surface area contributed by atoms with Crippen molar-refractivity contribution in [3.8, 4) is 5.75 Å². The van der Waals surface area contributed by atoms with Gasteiger partial charge in [0.2, 0.25) is 5.91 Å². The Kier molecular flexibility index (Phi) is 4.88. The quantitative estimate of drug-likeness (QED) is 0.785. The molecule has 1 fully saturated rings. The fourth-order valence-electron chi connectivity index (χ4n) is 4.04. The Morgan fingerprint density at radius 3 is 2.46 bits per heavy atom. The van der Waals surface area contributed by atoms with Gasteiger partial charge in [-0.1, -0.05) is 30.4 Å². The molecule has 0 radical (unpaired) electrons. The number of carbonyl (C=O) groups is 2. The summed E-state index contributed by atoms with van der Waals surface area (Å²) in [5.41, 5.74) is 1.03. The van der Waals surface area contributed by atoms with E-state index in [0.29, 0.717) is 13.0 Å². The first kappa shape index (κ1) is 16.6. The topological polar surface area (TPSA) is 75.6 Å². The predicted molar refractivity (Wildman–Crippen MR) is 89.7 cm³/mol. The number of para-hydroxylation sites is 1. The summed E-state index contributed by atoms with van der Waals surface area (Å²) in [4.78, 5) is 24.2. The summed E-state index contributed by atoms with van der Waals surface area (Å²) < 4.78 is 5.31. The molecule has 0 saturated heterocycles. The number of carboxylic acids is 1. The minimum Gasteiger partial charge on any atom is -0.496 e. The predicted octanol–water partition coefficient (Wildman–Crippen LogP) is 2.27. The van der Waals surface area contributed by atoms with E-state index in [4.69, 9.17) is 4.74 Å². The van der Waals surface area contributed by atoms with Crippen molar-refractivity contribution in [3.63, 3.8) is 0 Å². The average Bonchev–Trinajstić information content (AvgIpc) is 2.62. The molecule has 1 amide bonds. The first-order chi connectivity index (χ1) is 11.6. The number of carboxylic acid groups (broad SMARTS) is 1. The Balaban J connectivity index is 1.62. The van der Waals surface area contributed by atoms with Crippen LogP contribution in [0.4, 0.5) is 0 Å². The molecule has 0 aliphatic heterocycles. The van der Waals surface area contributed by atoms with Crippen LogP contribution in [0.2, 0.25) is 0 Å². The average molecular weight is 329 g/mol.